The Balaban J connectivity index is 1.39. The first-order chi connectivity index (χ1) is 14.3. The summed E-state index contributed by atoms with van der Waals surface area (Å²) in [4.78, 5) is 31.7. The van der Waals surface area contributed by atoms with Crippen molar-refractivity contribution in [1.82, 2.24) is 24.8 Å². The monoisotopic (exact) mass is 386 g/mol. The largest absolute Gasteiger partial charge is 0.339 e. The minimum Gasteiger partial charge on any atom is -0.339 e. The van der Waals surface area contributed by atoms with Crippen LogP contribution in [0.25, 0.3) is 6.08 Å². The van der Waals surface area contributed by atoms with Crippen LogP contribution in [0.5, 0.6) is 0 Å². The van der Waals surface area contributed by atoms with E-state index in [-0.39, 0.29) is 11.8 Å². The van der Waals surface area contributed by atoms with E-state index in [0.717, 1.165) is 24.1 Å². The molecule has 4 rings (SSSR count). The summed E-state index contributed by atoms with van der Waals surface area (Å²) in [7, 11) is 0. The maximum Gasteiger partial charge on any atom is 0.246 e. The van der Waals surface area contributed by atoms with Gasteiger partial charge in [0, 0.05) is 49.9 Å². The van der Waals surface area contributed by atoms with Gasteiger partial charge in [-0.15, -0.1) is 0 Å². The van der Waals surface area contributed by atoms with Gasteiger partial charge in [-0.25, -0.2) is 15.0 Å². The summed E-state index contributed by atoms with van der Waals surface area (Å²) >= 11 is 0. The number of amides is 1. The molecule has 1 aromatic carbocycles. The number of aromatic nitrogens is 4. The van der Waals surface area contributed by atoms with Crippen LogP contribution in [-0.4, -0.2) is 43.8 Å². The number of piperidine rings is 1. The van der Waals surface area contributed by atoms with E-state index >= 15 is 0 Å². The molecule has 0 unspecified atom stereocenters. The molecule has 0 spiro atoms. The number of carbonyl (C=O) groups excluding carboxylic acids is 1. The highest BCUT2D eigenvalue weighted by Crippen LogP contribution is 2.31. The fourth-order valence-electron chi connectivity index (χ4n) is 3.42. The van der Waals surface area contributed by atoms with Gasteiger partial charge in [0.1, 0.15) is 0 Å². The maximum absolute atomic E-state index is 12.5. The van der Waals surface area contributed by atoms with E-state index < -0.39 is 0 Å². The third kappa shape index (κ3) is 4.82. The van der Waals surface area contributed by atoms with Gasteiger partial charge < -0.3 is 10.2 Å². The highest BCUT2D eigenvalue weighted by molar-refractivity contribution is 5.91. The van der Waals surface area contributed by atoms with Crippen molar-refractivity contribution in [3.63, 3.8) is 0 Å². The normalized spacial score (nSPS) is 14.8. The number of hydrogen-bond acceptors (Lipinski definition) is 6. The van der Waals surface area contributed by atoms with Crippen LogP contribution >= 0.6 is 0 Å². The number of nitrogens with zero attached hydrogens (tertiary/aromatic N) is 5. The number of benzene rings is 1. The van der Waals surface area contributed by atoms with Crippen LogP contribution in [0.1, 0.15) is 30.0 Å². The van der Waals surface area contributed by atoms with E-state index in [2.05, 4.69) is 25.3 Å². The molecule has 1 aliphatic heterocycles. The average molecular weight is 386 g/mol. The summed E-state index contributed by atoms with van der Waals surface area (Å²) in [6.45, 7) is 1.39. The quantitative estimate of drug-likeness (QED) is 0.677. The van der Waals surface area contributed by atoms with Gasteiger partial charge in [-0.1, -0.05) is 30.3 Å². The summed E-state index contributed by atoms with van der Waals surface area (Å²) in [5.74, 6) is 1.44. The number of nitrogens with one attached hydrogen (secondary N) is 1. The van der Waals surface area contributed by atoms with Crippen molar-refractivity contribution in [1.29, 1.82) is 0 Å². The van der Waals surface area contributed by atoms with Gasteiger partial charge in [-0.3, -0.25) is 9.78 Å². The predicted molar refractivity (Wildman–Crippen MR) is 111 cm³/mol. The molecule has 0 radical (unpaired) electrons. The average Bonchev–Trinajstić information content (AvgIpc) is 2.79. The number of likely N-dealkylation sites (tertiary alicyclic amines) is 1. The Morgan fingerprint density at radius 1 is 0.931 bits per heavy atom. The Morgan fingerprint density at radius 3 is 2.41 bits per heavy atom. The number of rotatable bonds is 5. The second-order valence-corrected chi connectivity index (χ2v) is 6.83. The first kappa shape index (κ1) is 18.7. The maximum atomic E-state index is 12.5. The lowest BCUT2D eigenvalue weighted by Crippen LogP contribution is -2.37. The molecule has 2 aromatic heterocycles. The van der Waals surface area contributed by atoms with E-state index in [4.69, 9.17) is 0 Å². The van der Waals surface area contributed by atoms with Crippen LogP contribution in [-0.2, 0) is 4.79 Å². The lowest BCUT2D eigenvalue weighted by Gasteiger charge is -2.31. The SMILES string of the molecule is O=C(C=Cc1ccccc1)N1CCC(c2nccnc2Nc2ncccn2)CC1. The predicted octanol–water partition coefficient (Wildman–Crippen LogP) is 3.43. The molecule has 3 aromatic rings. The Hall–Kier alpha value is -3.61. The number of carbonyl (C=O) groups is 1. The standard InChI is InChI=1S/C22H22N6O/c29-19(8-7-17-5-2-1-3-6-17)28-15-9-18(10-16-28)20-21(24-14-13-23-20)27-22-25-11-4-12-26-22/h1-8,11-14,18H,9-10,15-16H2,(H,24,25,26,27). The zero-order chi connectivity index (χ0) is 19.9. The molecule has 3 heterocycles. The summed E-state index contributed by atoms with van der Waals surface area (Å²) in [6, 6.07) is 11.6. The molecular weight excluding hydrogens is 364 g/mol. The molecule has 7 heteroatoms. The van der Waals surface area contributed by atoms with E-state index in [1.807, 2.05) is 41.3 Å². The zero-order valence-electron chi connectivity index (χ0n) is 16.0. The first-order valence-corrected chi connectivity index (χ1v) is 9.66. The molecule has 1 fully saturated rings. The van der Waals surface area contributed by atoms with Crippen LogP contribution in [0.2, 0.25) is 0 Å². The molecule has 146 valence electrons. The van der Waals surface area contributed by atoms with Gasteiger partial charge >= 0.3 is 0 Å². The van der Waals surface area contributed by atoms with Crippen molar-refractivity contribution < 1.29 is 4.79 Å². The third-order valence-corrected chi connectivity index (χ3v) is 4.93. The molecule has 0 aliphatic carbocycles. The van der Waals surface area contributed by atoms with Gasteiger partial charge in [0.2, 0.25) is 11.9 Å². The summed E-state index contributed by atoms with van der Waals surface area (Å²) in [6.07, 6.45) is 11.9. The van der Waals surface area contributed by atoms with Crippen LogP contribution < -0.4 is 5.32 Å². The molecule has 0 bridgehead atoms. The molecule has 29 heavy (non-hydrogen) atoms. The molecule has 1 N–H and O–H groups in total. The van der Waals surface area contributed by atoms with Crippen LogP contribution in [0.3, 0.4) is 0 Å². The van der Waals surface area contributed by atoms with Crippen molar-refractivity contribution in [3.8, 4) is 0 Å². The van der Waals surface area contributed by atoms with Crippen LogP contribution in [0.4, 0.5) is 11.8 Å². The topological polar surface area (TPSA) is 83.9 Å². The smallest absolute Gasteiger partial charge is 0.246 e. The van der Waals surface area contributed by atoms with Crippen molar-refractivity contribution in [3.05, 3.63) is 78.5 Å². The van der Waals surface area contributed by atoms with Crippen molar-refractivity contribution >= 4 is 23.7 Å². The van der Waals surface area contributed by atoms with Gasteiger partial charge in [-0.2, -0.15) is 0 Å². The van der Waals surface area contributed by atoms with E-state index in [0.29, 0.717) is 24.9 Å². The van der Waals surface area contributed by atoms with Crippen molar-refractivity contribution in [2.45, 2.75) is 18.8 Å². The Kier molecular flexibility index (Phi) is 5.85. The lowest BCUT2D eigenvalue weighted by molar-refractivity contribution is -0.126. The number of hydrogen-bond donors (Lipinski definition) is 1. The van der Waals surface area contributed by atoms with Gasteiger partial charge in [0.15, 0.2) is 5.82 Å². The zero-order valence-corrected chi connectivity index (χ0v) is 16.0. The van der Waals surface area contributed by atoms with Crippen LogP contribution in [0, 0.1) is 0 Å². The van der Waals surface area contributed by atoms with E-state index in [1.165, 1.54) is 0 Å². The highest BCUT2D eigenvalue weighted by atomic mass is 16.2. The van der Waals surface area contributed by atoms with Crippen molar-refractivity contribution in [2.75, 3.05) is 18.4 Å². The first-order valence-electron chi connectivity index (χ1n) is 9.66. The van der Waals surface area contributed by atoms with E-state index in [9.17, 15) is 4.79 Å². The second-order valence-electron chi connectivity index (χ2n) is 6.83. The van der Waals surface area contributed by atoms with Gasteiger partial charge in [-0.05, 0) is 30.5 Å². The molecule has 0 saturated carbocycles. The van der Waals surface area contributed by atoms with Gasteiger partial charge in [0.05, 0.1) is 5.69 Å². The number of anilines is 2. The molecule has 1 amide bonds. The lowest BCUT2D eigenvalue weighted by atomic mass is 9.93. The van der Waals surface area contributed by atoms with Gasteiger partial charge in [0.25, 0.3) is 0 Å². The molecule has 1 aliphatic rings. The Bertz CT molecular complexity index is 969. The fraction of sp³-hybridized carbons (Fsp3) is 0.227. The minimum atomic E-state index is 0.0440. The fourth-order valence-corrected chi connectivity index (χ4v) is 3.42. The molecule has 1 saturated heterocycles. The summed E-state index contributed by atoms with van der Waals surface area (Å²) < 4.78 is 0. The Morgan fingerprint density at radius 2 is 1.66 bits per heavy atom. The summed E-state index contributed by atoms with van der Waals surface area (Å²) in [5.41, 5.74) is 1.92. The minimum absolute atomic E-state index is 0.0440. The Labute approximate surface area is 169 Å². The third-order valence-electron chi connectivity index (χ3n) is 4.93. The summed E-state index contributed by atoms with van der Waals surface area (Å²) in [5, 5.41) is 3.15. The van der Waals surface area contributed by atoms with E-state index in [1.54, 1.807) is 36.9 Å². The molecule has 7 nitrogen and oxygen atoms in total. The second kappa shape index (κ2) is 9.05. The molecular formula is C22H22N6O. The highest BCUT2D eigenvalue weighted by Gasteiger charge is 2.26. The molecule has 0 atom stereocenters. The van der Waals surface area contributed by atoms with Crippen molar-refractivity contribution in [2.24, 2.45) is 0 Å². The van der Waals surface area contributed by atoms with Crippen LogP contribution in [0.15, 0.2) is 67.3 Å².